The summed E-state index contributed by atoms with van der Waals surface area (Å²) >= 11 is 1.87. The van der Waals surface area contributed by atoms with E-state index < -0.39 is 11.6 Å². The lowest BCUT2D eigenvalue weighted by Gasteiger charge is -2.31. The van der Waals surface area contributed by atoms with Gasteiger partial charge in [0.1, 0.15) is 6.61 Å². The number of cyclic esters (lactones) is 1. The van der Waals surface area contributed by atoms with Crippen LogP contribution in [0.2, 0.25) is 0 Å². The van der Waals surface area contributed by atoms with Gasteiger partial charge in [-0.15, -0.1) is 24.2 Å². The van der Waals surface area contributed by atoms with Crippen LogP contribution in [0.3, 0.4) is 0 Å². The molecule has 2 N–H and O–H groups in total. The Morgan fingerprint density at radius 1 is 1.27 bits per heavy atom. The minimum absolute atomic E-state index is 0. The summed E-state index contributed by atoms with van der Waals surface area (Å²) in [6, 6.07) is 5.96. The van der Waals surface area contributed by atoms with Crippen molar-refractivity contribution in [2.45, 2.75) is 50.0 Å². The zero-order chi connectivity index (χ0) is 22.2. The average Bonchev–Trinajstić information content (AvgIpc) is 3.18. The number of aryl methyl sites for hydroxylation is 1. The minimum Gasteiger partial charge on any atom is -0.458 e. The fourth-order valence-electron chi connectivity index (χ4n) is 5.30. The quantitative estimate of drug-likeness (QED) is 0.431. The Balaban J connectivity index is 0.00000228. The molecule has 3 aliphatic heterocycles. The zero-order valence-corrected chi connectivity index (χ0v) is 20.0. The number of ether oxygens (including phenoxy) is 1. The molecular weight excluding hydrogens is 462 g/mol. The maximum atomic E-state index is 13.4. The van der Waals surface area contributed by atoms with Crippen LogP contribution in [-0.2, 0) is 41.2 Å². The fourth-order valence-corrected chi connectivity index (χ4v) is 6.51. The van der Waals surface area contributed by atoms with Crippen LogP contribution in [-0.4, -0.2) is 33.4 Å². The molecule has 2 aromatic heterocycles. The van der Waals surface area contributed by atoms with E-state index in [0.29, 0.717) is 23.4 Å². The lowest BCUT2D eigenvalue weighted by molar-refractivity contribution is -0.172. The smallest absolute Gasteiger partial charge is 0.343 e. The number of pyridine rings is 2. The Hall–Kier alpha value is -2.39. The molecule has 3 aliphatic rings. The van der Waals surface area contributed by atoms with Gasteiger partial charge in [-0.3, -0.25) is 4.79 Å². The first-order chi connectivity index (χ1) is 15.5. The van der Waals surface area contributed by atoms with Crippen LogP contribution < -0.4 is 10.9 Å². The number of rotatable bonds is 3. The maximum Gasteiger partial charge on any atom is 0.343 e. The fraction of sp³-hybridized carbons (Fsp3) is 0.375. The van der Waals surface area contributed by atoms with Crippen molar-refractivity contribution < 1.29 is 14.6 Å². The number of hydrogen-bond acceptors (Lipinski definition) is 7. The molecule has 1 aromatic carbocycles. The molecule has 33 heavy (non-hydrogen) atoms. The third-order valence-electron chi connectivity index (χ3n) is 6.97. The van der Waals surface area contributed by atoms with Crippen molar-refractivity contribution >= 4 is 41.0 Å². The van der Waals surface area contributed by atoms with E-state index >= 15 is 0 Å². The summed E-state index contributed by atoms with van der Waals surface area (Å²) in [5.41, 5.74) is 4.67. The summed E-state index contributed by atoms with van der Waals surface area (Å²) in [5, 5.41) is 15.5. The van der Waals surface area contributed by atoms with Crippen LogP contribution in [0.15, 0.2) is 27.9 Å². The molecule has 9 heteroatoms. The maximum absolute atomic E-state index is 13.4. The van der Waals surface area contributed by atoms with Crippen molar-refractivity contribution in [3.8, 4) is 11.4 Å². The number of aromatic nitrogens is 2. The number of thioether (sulfide) groups is 1. The van der Waals surface area contributed by atoms with E-state index in [4.69, 9.17) is 9.72 Å². The first kappa shape index (κ1) is 22.4. The van der Waals surface area contributed by atoms with Crippen molar-refractivity contribution in [2.24, 2.45) is 0 Å². The number of nitrogens with zero attached hydrogens (tertiary/aromatic N) is 2. The number of halogens is 1. The van der Waals surface area contributed by atoms with Crippen LogP contribution >= 0.6 is 24.2 Å². The Morgan fingerprint density at radius 3 is 2.85 bits per heavy atom. The molecule has 3 aromatic rings. The van der Waals surface area contributed by atoms with Crippen molar-refractivity contribution in [2.75, 3.05) is 12.8 Å². The molecular formula is C24H24ClN3O4S. The number of fused-ring (bicyclic) bond motifs is 5. The number of hydrogen-bond donors (Lipinski definition) is 2. The number of aliphatic hydroxyl groups is 1. The van der Waals surface area contributed by atoms with Crippen molar-refractivity contribution in [1.82, 2.24) is 14.9 Å². The Bertz CT molecular complexity index is 1400. The Labute approximate surface area is 201 Å². The standard InChI is InChI=1S/C24H23N3O4S.ClH/c1-3-24(30)16-8-18-20-14(10-27(18)22(28)15(16)11-31-23(24)29)13-6-7-32-21-12(9-25-2)4-5-17(26-20)19(13)21;/h4-5,8,25,30H,3,6-7,9-11H2,1-2H3;1H/t24-;/m0./s1. The highest BCUT2D eigenvalue weighted by molar-refractivity contribution is 7.99. The predicted octanol–water partition coefficient (Wildman–Crippen LogP) is 2.87. The summed E-state index contributed by atoms with van der Waals surface area (Å²) < 4.78 is 6.89. The monoisotopic (exact) mass is 485 g/mol. The molecule has 0 saturated carbocycles. The van der Waals surface area contributed by atoms with Gasteiger partial charge in [0.25, 0.3) is 5.56 Å². The first-order valence-corrected chi connectivity index (χ1v) is 11.9. The van der Waals surface area contributed by atoms with E-state index in [-0.39, 0.29) is 31.0 Å². The second-order valence-corrected chi connectivity index (χ2v) is 9.70. The molecule has 6 rings (SSSR count). The van der Waals surface area contributed by atoms with Crippen LogP contribution in [0, 0.1) is 0 Å². The molecule has 5 heterocycles. The molecule has 0 unspecified atom stereocenters. The van der Waals surface area contributed by atoms with Crippen LogP contribution in [0.4, 0.5) is 0 Å². The molecule has 172 valence electrons. The summed E-state index contributed by atoms with van der Waals surface area (Å²) in [6.07, 6.45) is 1.06. The minimum atomic E-state index is -1.80. The Kier molecular flexibility index (Phi) is 5.32. The van der Waals surface area contributed by atoms with Gasteiger partial charge in [-0.05, 0) is 43.1 Å². The van der Waals surface area contributed by atoms with Crippen LogP contribution in [0.5, 0.6) is 0 Å². The molecule has 0 aliphatic carbocycles. The van der Waals surface area contributed by atoms with Crippen LogP contribution in [0.25, 0.3) is 22.3 Å². The van der Waals surface area contributed by atoms with E-state index in [9.17, 15) is 14.7 Å². The van der Waals surface area contributed by atoms with Gasteiger partial charge >= 0.3 is 5.97 Å². The highest BCUT2D eigenvalue weighted by atomic mass is 35.5. The van der Waals surface area contributed by atoms with Gasteiger partial charge in [0.05, 0.1) is 29.0 Å². The molecule has 7 nitrogen and oxygen atoms in total. The number of nitrogens with one attached hydrogen (secondary N) is 1. The average molecular weight is 486 g/mol. The van der Waals surface area contributed by atoms with Crippen molar-refractivity contribution in [1.29, 1.82) is 0 Å². The predicted molar refractivity (Wildman–Crippen MR) is 129 cm³/mol. The van der Waals surface area contributed by atoms with E-state index in [1.807, 2.05) is 18.8 Å². The zero-order valence-electron chi connectivity index (χ0n) is 18.4. The van der Waals surface area contributed by atoms with Crippen molar-refractivity contribution in [3.63, 3.8) is 0 Å². The molecule has 0 amide bonds. The number of carbonyl (C=O) groups is 1. The van der Waals surface area contributed by atoms with Crippen molar-refractivity contribution in [3.05, 3.63) is 56.4 Å². The molecule has 0 radical (unpaired) electrons. The first-order valence-electron chi connectivity index (χ1n) is 10.9. The highest BCUT2D eigenvalue weighted by Crippen LogP contribution is 2.45. The summed E-state index contributed by atoms with van der Waals surface area (Å²) in [5.74, 6) is 0.286. The summed E-state index contributed by atoms with van der Waals surface area (Å²) in [7, 11) is 1.95. The molecule has 1 atom stereocenters. The van der Waals surface area contributed by atoms with E-state index in [1.165, 1.54) is 21.4 Å². The molecule has 0 bridgehead atoms. The second-order valence-electron chi connectivity index (χ2n) is 8.60. The highest BCUT2D eigenvalue weighted by Gasteiger charge is 2.45. The van der Waals surface area contributed by atoms with E-state index in [0.717, 1.165) is 35.5 Å². The van der Waals surface area contributed by atoms with Gasteiger partial charge in [0, 0.05) is 33.7 Å². The third-order valence-corrected chi connectivity index (χ3v) is 8.13. The molecule has 0 saturated heterocycles. The second kappa shape index (κ2) is 7.84. The summed E-state index contributed by atoms with van der Waals surface area (Å²) in [6.45, 7) is 2.86. The molecule has 0 spiro atoms. The van der Waals surface area contributed by atoms with Crippen LogP contribution in [0.1, 0.15) is 41.2 Å². The SMILES string of the molecule is CC[C@@]1(O)C(=O)OCc2c1cc1n(c2=O)Cc2c-1nc1ccc(CNC)c3c1c2CCS3.Cl. The summed E-state index contributed by atoms with van der Waals surface area (Å²) in [4.78, 5) is 32.1. The van der Waals surface area contributed by atoms with Gasteiger partial charge in [0.15, 0.2) is 5.60 Å². The number of esters is 1. The normalized spacial score (nSPS) is 20.0. The van der Waals surface area contributed by atoms with E-state index in [2.05, 4.69) is 17.4 Å². The van der Waals surface area contributed by atoms with Gasteiger partial charge in [-0.2, -0.15) is 0 Å². The number of carbonyl (C=O) groups excluding carboxylic acids is 1. The van der Waals surface area contributed by atoms with Gasteiger partial charge < -0.3 is 19.7 Å². The topological polar surface area (TPSA) is 93.5 Å². The lowest BCUT2D eigenvalue weighted by Crippen LogP contribution is -2.44. The largest absolute Gasteiger partial charge is 0.458 e. The van der Waals surface area contributed by atoms with Gasteiger partial charge in [-0.1, -0.05) is 13.0 Å². The number of benzene rings is 1. The third kappa shape index (κ3) is 2.94. The lowest BCUT2D eigenvalue weighted by atomic mass is 9.86. The van der Waals surface area contributed by atoms with Gasteiger partial charge in [0.2, 0.25) is 0 Å². The van der Waals surface area contributed by atoms with Gasteiger partial charge in [-0.25, -0.2) is 9.78 Å². The van der Waals surface area contributed by atoms with E-state index in [1.54, 1.807) is 17.6 Å². The molecule has 0 fully saturated rings. The Morgan fingerprint density at radius 2 is 2.09 bits per heavy atom.